The van der Waals surface area contributed by atoms with Crippen LogP contribution in [-0.4, -0.2) is 75.9 Å². The smallest absolute Gasteiger partial charge is 0.309 e. The van der Waals surface area contributed by atoms with Gasteiger partial charge in [0.15, 0.2) is 0 Å². The minimum atomic E-state index is -0.625. The van der Waals surface area contributed by atoms with Crippen LogP contribution in [0.1, 0.15) is 168 Å². The van der Waals surface area contributed by atoms with Crippen LogP contribution < -0.4 is 0 Å². The van der Waals surface area contributed by atoms with Crippen molar-refractivity contribution in [3.05, 3.63) is 0 Å². The number of hydrogen-bond donors (Lipinski definition) is 3. The van der Waals surface area contributed by atoms with Crippen LogP contribution in [0.25, 0.3) is 0 Å². The fourth-order valence-corrected chi connectivity index (χ4v) is 7.56. The van der Waals surface area contributed by atoms with Crippen molar-refractivity contribution in [2.75, 3.05) is 0 Å². The van der Waals surface area contributed by atoms with Crippen molar-refractivity contribution >= 4 is 11.8 Å². The number of aliphatic hydroxyl groups excluding tert-OH is 3. The highest BCUT2D eigenvalue weighted by atomic mass is 16.6. The molecule has 262 valence electrons. The zero-order valence-electron chi connectivity index (χ0n) is 28.5. The van der Waals surface area contributed by atoms with Gasteiger partial charge in [-0.1, -0.05) is 84.0 Å². The topological polar surface area (TPSA) is 123 Å². The van der Waals surface area contributed by atoms with E-state index in [1.807, 2.05) is 0 Å². The second-order valence-electron chi connectivity index (χ2n) is 14.4. The number of carbonyl (C=O) groups excluding carboxylic acids is 2. The van der Waals surface area contributed by atoms with E-state index in [1.54, 1.807) is 0 Å². The Morgan fingerprint density at radius 2 is 1.16 bits per heavy atom. The highest BCUT2D eigenvalue weighted by Gasteiger charge is 2.36. The van der Waals surface area contributed by atoms with Crippen molar-refractivity contribution in [3.63, 3.8) is 0 Å². The first kappa shape index (κ1) is 38.4. The summed E-state index contributed by atoms with van der Waals surface area (Å²) in [6.07, 6.45) is 21.5. The van der Waals surface area contributed by atoms with Crippen LogP contribution in [0.15, 0.2) is 0 Å². The molecule has 0 amide bonds. The first-order chi connectivity index (χ1) is 21.8. The molecule has 0 saturated carbocycles. The minimum Gasteiger partial charge on any atom is -0.462 e. The van der Waals surface area contributed by atoms with Crippen LogP contribution in [0.3, 0.4) is 0 Å². The molecule has 0 aromatic rings. The number of esters is 1. The largest absolute Gasteiger partial charge is 0.462 e. The number of hydrogen-bond acceptors (Lipinski definition) is 8. The molecule has 8 nitrogen and oxygen atoms in total. The second kappa shape index (κ2) is 21.7. The summed E-state index contributed by atoms with van der Waals surface area (Å²) < 4.78 is 17.7. The normalized spacial score (nSPS) is 28.8. The molecule has 3 aliphatic heterocycles. The summed E-state index contributed by atoms with van der Waals surface area (Å²) in [5.41, 5.74) is 0. The van der Waals surface area contributed by atoms with E-state index in [0.717, 1.165) is 89.9 Å². The van der Waals surface area contributed by atoms with Crippen LogP contribution in [0, 0.1) is 5.92 Å². The van der Waals surface area contributed by atoms with Gasteiger partial charge < -0.3 is 34.3 Å². The SMILES string of the molecule is CCCCCCCCCC[C@H](O)[C@H]1CC[C@H]([C@H](O)CC[C@H](O)[C@@H]2CC[C@@H](CCCCCCC[C@@H]3C[C@H](CC(C)=O)C(=O)O3)O2)O1. The van der Waals surface area contributed by atoms with Crippen LogP contribution in [-0.2, 0) is 23.8 Å². The van der Waals surface area contributed by atoms with Gasteiger partial charge in [-0.15, -0.1) is 0 Å². The molecule has 0 spiro atoms. The molecule has 0 aliphatic carbocycles. The number of unbranched alkanes of at least 4 members (excludes halogenated alkanes) is 11. The van der Waals surface area contributed by atoms with Gasteiger partial charge in [-0.3, -0.25) is 4.79 Å². The molecule has 3 N–H and O–H groups in total. The number of carbonyl (C=O) groups is 2. The first-order valence-electron chi connectivity index (χ1n) is 18.8. The minimum absolute atomic E-state index is 0.0249. The third-order valence-electron chi connectivity index (χ3n) is 10.4. The van der Waals surface area contributed by atoms with Crippen molar-refractivity contribution in [2.24, 2.45) is 5.92 Å². The quantitative estimate of drug-likeness (QED) is 0.0714. The Morgan fingerprint density at radius 1 is 0.667 bits per heavy atom. The Labute approximate surface area is 273 Å². The van der Waals surface area contributed by atoms with Crippen molar-refractivity contribution in [3.8, 4) is 0 Å². The van der Waals surface area contributed by atoms with Crippen molar-refractivity contribution in [2.45, 2.75) is 217 Å². The zero-order chi connectivity index (χ0) is 32.4. The molecule has 8 heteroatoms. The number of aliphatic hydroxyl groups is 3. The van der Waals surface area contributed by atoms with Gasteiger partial charge in [0, 0.05) is 6.42 Å². The Balaban J connectivity index is 1.16. The number of cyclic esters (lactones) is 1. The molecule has 3 rings (SSSR count). The summed E-state index contributed by atoms with van der Waals surface area (Å²) in [7, 11) is 0. The van der Waals surface area contributed by atoms with E-state index in [1.165, 1.54) is 45.4 Å². The average Bonchev–Trinajstić information content (AvgIpc) is 3.77. The molecule has 9 atom stereocenters. The average molecular weight is 639 g/mol. The summed E-state index contributed by atoms with van der Waals surface area (Å²) in [5.74, 6) is -0.398. The van der Waals surface area contributed by atoms with E-state index in [4.69, 9.17) is 14.2 Å². The Bertz CT molecular complexity index is 820. The number of Topliss-reactive ketones (excluding diaryl/α,β-unsaturated/α-hetero) is 1. The highest BCUT2D eigenvalue weighted by Crippen LogP contribution is 2.31. The fourth-order valence-electron chi connectivity index (χ4n) is 7.56. The molecule has 45 heavy (non-hydrogen) atoms. The van der Waals surface area contributed by atoms with Gasteiger partial charge >= 0.3 is 5.97 Å². The number of ketones is 1. The standard InChI is InChI=1S/C37H66O8/c1-3-4-5-6-7-8-12-15-18-31(39)35-23-24-36(45-35)33(41)21-20-32(40)34-22-19-29(43-34)16-13-10-9-11-14-17-30-26-28(25-27(2)38)37(42)44-30/h28-36,39-41H,3-26H2,1-2H3/t28-,29+,30+,31-,32-,33+,34-,35+,36+/m0/s1. The predicted molar refractivity (Wildman–Crippen MR) is 176 cm³/mol. The van der Waals surface area contributed by atoms with Gasteiger partial charge in [0.25, 0.3) is 0 Å². The molecule has 0 radical (unpaired) electrons. The van der Waals surface area contributed by atoms with Crippen LogP contribution in [0.5, 0.6) is 0 Å². The van der Waals surface area contributed by atoms with Gasteiger partial charge in [-0.05, 0) is 77.6 Å². The van der Waals surface area contributed by atoms with Crippen molar-refractivity contribution < 1.29 is 39.1 Å². The molecular formula is C37H66O8. The van der Waals surface area contributed by atoms with E-state index in [2.05, 4.69) is 6.92 Å². The maximum Gasteiger partial charge on any atom is 0.309 e. The van der Waals surface area contributed by atoms with Gasteiger partial charge in [0.1, 0.15) is 11.9 Å². The van der Waals surface area contributed by atoms with Crippen LogP contribution in [0.2, 0.25) is 0 Å². The molecule has 3 heterocycles. The summed E-state index contributed by atoms with van der Waals surface area (Å²) >= 11 is 0. The number of ether oxygens (including phenoxy) is 3. The van der Waals surface area contributed by atoms with E-state index in [9.17, 15) is 24.9 Å². The Hall–Kier alpha value is -1.06. The van der Waals surface area contributed by atoms with Gasteiger partial charge in [0.05, 0.1) is 48.6 Å². The lowest BCUT2D eigenvalue weighted by molar-refractivity contribution is -0.145. The summed E-state index contributed by atoms with van der Waals surface area (Å²) in [6.45, 7) is 3.77. The molecule has 0 unspecified atom stereocenters. The van der Waals surface area contributed by atoms with Gasteiger partial charge in [-0.25, -0.2) is 0 Å². The van der Waals surface area contributed by atoms with E-state index in [0.29, 0.717) is 25.7 Å². The lowest BCUT2D eigenvalue weighted by Crippen LogP contribution is -2.33. The molecular weight excluding hydrogens is 572 g/mol. The first-order valence-corrected chi connectivity index (χ1v) is 18.8. The van der Waals surface area contributed by atoms with E-state index < -0.39 is 18.3 Å². The highest BCUT2D eigenvalue weighted by molar-refractivity contribution is 5.83. The molecule has 0 aromatic heterocycles. The van der Waals surface area contributed by atoms with Crippen LogP contribution >= 0.6 is 0 Å². The molecule has 3 aliphatic rings. The Kier molecular flexibility index (Phi) is 18.5. The zero-order valence-corrected chi connectivity index (χ0v) is 28.5. The summed E-state index contributed by atoms with van der Waals surface area (Å²) in [6, 6.07) is 0. The van der Waals surface area contributed by atoms with Gasteiger partial charge in [0.2, 0.25) is 0 Å². The van der Waals surface area contributed by atoms with Crippen LogP contribution in [0.4, 0.5) is 0 Å². The summed E-state index contributed by atoms with van der Waals surface area (Å²) in [4.78, 5) is 23.2. The monoisotopic (exact) mass is 638 g/mol. The molecule has 0 bridgehead atoms. The molecule has 3 saturated heterocycles. The predicted octanol–water partition coefficient (Wildman–Crippen LogP) is 7.12. The molecule has 3 fully saturated rings. The van der Waals surface area contributed by atoms with Gasteiger partial charge in [-0.2, -0.15) is 0 Å². The fraction of sp³-hybridized carbons (Fsp3) is 0.946. The maximum absolute atomic E-state index is 11.9. The Morgan fingerprint density at radius 3 is 1.76 bits per heavy atom. The lowest BCUT2D eigenvalue weighted by Gasteiger charge is -2.24. The lowest BCUT2D eigenvalue weighted by atomic mass is 9.96. The van der Waals surface area contributed by atoms with E-state index >= 15 is 0 Å². The van der Waals surface area contributed by atoms with Crippen molar-refractivity contribution in [1.29, 1.82) is 0 Å². The third kappa shape index (κ3) is 14.7. The number of rotatable bonds is 25. The second-order valence-corrected chi connectivity index (χ2v) is 14.4. The third-order valence-corrected chi connectivity index (χ3v) is 10.4. The summed E-state index contributed by atoms with van der Waals surface area (Å²) in [5, 5.41) is 32.1. The van der Waals surface area contributed by atoms with E-state index in [-0.39, 0.29) is 48.2 Å². The maximum atomic E-state index is 11.9. The van der Waals surface area contributed by atoms with Crippen molar-refractivity contribution in [1.82, 2.24) is 0 Å². The molecule has 0 aromatic carbocycles.